The van der Waals surface area contributed by atoms with Crippen LogP contribution in [0.2, 0.25) is 0 Å². The molecular formula is C16H21N3OS. The monoisotopic (exact) mass is 303 g/mol. The van der Waals surface area contributed by atoms with Gasteiger partial charge in [0.15, 0.2) is 0 Å². The molecule has 0 aromatic carbocycles. The number of hydrogen-bond donors (Lipinski definition) is 1. The molecule has 1 N–H and O–H groups in total. The summed E-state index contributed by atoms with van der Waals surface area (Å²) in [4.78, 5) is 20.2. The van der Waals surface area contributed by atoms with Crippen molar-refractivity contribution in [2.24, 2.45) is 5.41 Å². The fraction of sp³-hybridized carbons (Fsp3) is 0.500. The summed E-state index contributed by atoms with van der Waals surface area (Å²) in [6.45, 7) is 5.78. The van der Waals surface area contributed by atoms with Crippen LogP contribution in [0, 0.1) is 5.41 Å². The van der Waals surface area contributed by atoms with Crippen LogP contribution in [0.5, 0.6) is 0 Å². The highest BCUT2D eigenvalue weighted by molar-refractivity contribution is 7.10. The molecule has 0 spiro atoms. The van der Waals surface area contributed by atoms with Gasteiger partial charge in [-0.3, -0.25) is 4.79 Å². The molecule has 1 amide bonds. The molecule has 112 valence electrons. The Balaban J connectivity index is 1.81. The molecule has 0 fully saturated rings. The highest BCUT2D eigenvalue weighted by Gasteiger charge is 2.32. The van der Waals surface area contributed by atoms with Crippen molar-refractivity contribution >= 4 is 17.2 Å². The SMILES string of the molecule is CNC1C(=O)N(CC2=CC(C)(C)C=C2)CCc2ncsc21. The van der Waals surface area contributed by atoms with E-state index >= 15 is 0 Å². The van der Waals surface area contributed by atoms with Crippen LogP contribution >= 0.6 is 11.3 Å². The molecule has 2 heterocycles. The van der Waals surface area contributed by atoms with Gasteiger partial charge in [0.25, 0.3) is 0 Å². The molecule has 0 radical (unpaired) electrons. The number of nitrogens with zero attached hydrogens (tertiary/aromatic N) is 2. The second-order valence-corrected chi connectivity index (χ2v) is 7.16. The number of amides is 1. The van der Waals surface area contributed by atoms with E-state index in [4.69, 9.17) is 0 Å². The van der Waals surface area contributed by atoms with Gasteiger partial charge in [-0.2, -0.15) is 0 Å². The first-order valence-electron chi connectivity index (χ1n) is 7.29. The van der Waals surface area contributed by atoms with E-state index in [1.807, 2.05) is 17.5 Å². The van der Waals surface area contributed by atoms with Crippen molar-refractivity contribution in [3.63, 3.8) is 0 Å². The number of carbonyl (C=O) groups is 1. The first-order chi connectivity index (χ1) is 10.00. The first-order valence-corrected chi connectivity index (χ1v) is 8.17. The van der Waals surface area contributed by atoms with Crippen molar-refractivity contribution < 1.29 is 4.79 Å². The number of nitrogens with one attached hydrogen (secondary N) is 1. The zero-order chi connectivity index (χ0) is 15.0. The minimum absolute atomic E-state index is 0.104. The summed E-state index contributed by atoms with van der Waals surface area (Å²) >= 11 is 1.57. The predicted octanol–water partition coefficient (Wildman–Crippen LogP) is 2.31. The van der Waals surface area contributed by atoms with Crippen LogP contribution in [0.4, 0.5) is 0 Å². The van der Waals surface area contributed by atoms with Crippen LogP contribution in [0.15, 0.2) is 29.3 Å². The molecule has 5 heteroatoms. The fourth-order valence-electron chi connectivity index (χ4n) is 2.97. The van der Waals surface area contributed by atoms with Gasteiger partial charge in [0.2, 0.25) is 5.91 Å². The number of likely N-dealkylation sites (N-methyl/N-ethyl adjacent to an activating group) is 1. The molecule has 0 saturated carbocycles. The van der Waals surface area contributed by atoms with Gasteiger partial charge < -0.3 is 10.2 Å². The topological polar surface area (TPSA) is 45.2 Å². The maximum absolute atomic E-state index is 12.8. The fourth-order valence-corrected chi connectivity index (χ4v) is 3.91. The predicted molar refractivity (Wildman–Crippen MR) is 85.2 cm³/mol. The molecule has 0 bridgehead atoms. The average molecular weight is 303 g/mol. The van der Waals surface area contributed by atoms with Crippen molar-refractivity contribution in [1.29, 1.82) is 0 Å². The van der Waals surface area contributed by atoms with Gasteiger partial charge in [-0.1, -0.05) is 32.1 Å². The summed E-state index contributed by atoms with van der Waals surface area (Å²) in [5.41, 5.74) is 4.23. The lowest BCUT2D eigenvalue weighted by Gasteiger charge is -2.24. The van der Waals surface area contributed by atoms with Gasteiger partial charge >= 0.3 is 0 Å². The van der Waals surface area contributed by atoms with Gasteiger partial charge in [0, 0.05) is 24.9 Å². The summed E-state index contributed by atoms with van der Waals surface area (Å²) in [7, 11) is 1.84. The van der Waals surface area contributed by atoms with Crippen molar-refractivity contribution in [3.8, 4) is 0 Å². The number of fused-ring (bicyclic) bond motifs is 1. The Morgan fingerprint density at radius 2 is 2.33 bits per heavy atom. The second kappa shape index (κ2) is 5.39. The van der Waals surface area contributed by atoms with E-state index in [1.54, 1.807) is 11.3 Å². The van der Waals surface area contributed by atoms with Gasteiger partial charge in [-0.25, -0.2) is 4.98 Å². The standard InChI is InChI=1S/C16H21N3OS/c1-16(2)6-4-11(8-16)9-19-7-5-12-14(21-10-18-12)13(17-3)15(19)20/h4,6,8,10,13,17H,5,7,9H2,1-3H3. The summed E-state index contributed by atoms with van der Waals surface area (Å²) in [5.74, 6) is 0.152. The molecule has 21 heavy (non-hydrogen) atoms. The third kappa shape index (κ3) is 2.80. The molecule has 1 aliphatic carbocycles. The number of carbonyl (C=O) groups excluding carboxylic acids is 1. The molecule has 1 unspecified atom stereocenters. The van der Waals surface area contributed by atoms with E-state index in [-0.39, 0.29) is 17.4 Å². The Labute approximate surface area is 129 Å². The van der Waals surface area contributed by atoms with Crippen LogP contribution in [0.1, 0.15) is 30.5 Å². The normalized spacial score (nSPS) is 24.0. The number of aromatic nitrogens is 1. The minimum atomic E-state index is -0.256. The molecule has 2 aliphatic rings. The number of thiazole rings is 1. The van der Waals surface area contributed by atoms with E-state index < -0.39 is 0 Å². The summed E-state index contributed by atoms with van der Waals surface area (Å²) in [6, 6.07) is -0.256. The Hall–Kier alpha value is -1.46. The van der Waals surface area contributed by atoms with Gasteiger partial charge in [0.1, 0.15) is 6.04 Å². The Bertz CT molecular complexity index is 615. The Morgan fingerprint density at radius 3 is 3.00 bits per heavy atom. The van der Waals surface area contributed by atoms with E-state index in [0.29, 0.717) is 6.54 Å². The van der Waals surface area contributed by atoms with Crippen LogP contribution in [-0.2, 0) is 11.2 Å². The van der Waals surface area contributed by atoms with Crippen LogP contribution in [0.3, 0.4) is 0 Å². The molecule has 1 aromatic heterocycles. The molecule has 3 rings (SSSR count). The minimum Gasteiger partial charge on any atom is -0.336 e. The zero-order valence-electron chi connectivity index (χ0n) is 12.7. The van der Waals surface area contributed by atoms with Crippen LogP contribution in [-0.4, -0.2) is 35.9 Å². The third-order valence-electron chi connectivity index (χ3n) is 4.06. The maximum atomic E-state index is 12.8. The molecule has 1 aliphatic heterocycles. The Morgan fingerprint density at radius 1 is 1.52 bits per heavy atom. The molecule has 1 aromatic rings. The van der Waals surface area contributed by atoms with Crippen LogP contribution in [0.25, 0.3) is 0 Å². The number of rotatable bonds is 3. The molecule has 0 saturated heterocycles. The molecule has 4 nitrogen and oxygen atoms in total. The highest BCUT2D eigenvalue weighted by atomic mass is 32.1. The largest absolute Gasteiger partial charge is 0.336 e. The third-order valence-corrected chi connectivity index (χ3v) is 4.99. The average Bonchev–Trinajstić information content (AvgIpc) is 2.99. The smallest absolute Gasteiger partial charge is 0.245 e. The summed E-state index contributed by atoms with van der Waals surface area (Å²) < 4.78 is 0. The van der Waals surface area contributed by atoms with Crippen molar-refractivity contribution in [1.82, 2.24) is 15.2 Å². The first kappa shape index (κ1) is 14.5. The lowest BCUT2D eigenvalue weighted by molar-refractivity contribution is -0.132. The highest BCUT2D eigenvalue weighted by Crippen LogP contribution is 2.31. The van der Waals surface area contributed by atoms with E-state index in [2.05, 4.69) is 42.4 Å². The van der Waals surface area contributed by atoms with Gasteiger partial charge in [-0.15, -0.1) is 11.3 Å². The van der Waals surface area contributed by atoms with Crippen LogP contribution < -0.4 is 5.32 Å². The van der Waals surface area contributed by atoms with Crippen molar-refractivity contribution in [3.05, 3.63) is 39.9 Å². The second-order valence-electron chi connectivity index (χ2n) is 6.27. The molecular weight excluding hydrogens is 282 g/mol. The van der Waals surface area contributed by atoms with E-state index in [1.165, 1.54) is 5.57 Å². The lowest BCUT2D eigenvalue weighted by atomic mass is 9.96. The number of allylic oxidation sites excluding steroid dienone is 2. The number of hydrogen-bond acceptors (Lipinski definition) is 4. The van der Waals surface area contributed by atoms with E-state index in [0.717, 1.165) is 23.5 Å². The summed E-state index contributed by atoms with van der Waals surface area (Å²) in [6.07, 6.45) is 7.41. The van der Waals surface area contributed by atoms with Gasteiger partial charge in [-0.05, 0) is 12.6 Å². The quantitative estimate of drug-likeness (QED) is 0.932. The van der Waals surface area contributed by atoms with E-state index in [9.17, 15) is 4.79 Å². The Kier molecular flexibility index (Phi) is 3.71. The lowest BCUT2D eigenvalue weighted by Crippen LogP contribution is -2.39. The van der Waals surface area contributed by atoms with Crippen molar-refractivity contribution in [2.45, 2.75) is 26.3 Å². The molecule has 1 atom stereocenters. The van der Waals surface area contributed by atoms with Crippen molar-refractivity contribution in [2.75, 3.05) is 20.1 Å². The maximum Gasteiger partial charge on any atom is 0.245 e. The summed E-state index contributed by atoms with van der Waals surface area (Å²) in [5, 5.41) is 3.15. The van der Waals surface area contributed by atoms with Gasteiger partial charge in [0.05, 0.1) is 16.1 Å². The zero-order valence-corrected chi connectivity index (χ0v) is 13.5.